The van der Waals surface area contributed by atoms with Gasteiger partial charge in [-0.05, 0) is 26.8 Å². The van der Waals surface area contributed by atoms with E-state index in [-0.39, 0.29) is 5.03 Å². The lowest BCUT2D eigenvalue weighted by molar-refractivity contribution is -0.141. The summed E-state index contributed by atoms with van der Waals surface area (Å²) in [4.78, 5) is 5.03. The molecule has 0 aromatic carbocycles. The maximum Gasteiger partial charge on any atom is 0.433 e. The lowest BCUT2D eigenvalue weighted by atomic mass is 10.1. The van der Waals surface area contributed by atoms with E-state index in [1.807, 2.05) is 0 Å². The topological polar surface area (TPSA) is 108 Å². The second-order valence-electron chi connectivity index (χ2n) is 5.47. The Kier molecular flexibility index (Phi) is 3.94. The van der Waals surface area contributed by atoms with Gasteiger partial charge in [-0.15, -0.1) is 0 Å². The summed E-state index contributed by atoms with van der Waals surface area (Å²) in [6.45, 7) is 4.21. The van der Waals surface area contributed by atoms with Crippen LogP contribution in [0.25, 0.3) is 0 Å². The zero-order chi connectivity index (χ0) is 17.6. The van der Waals surface area contributed by atoms with Crippen LogP contribution in [0, 0.1) is 11.3 Å². The number of nitriles is 1. The summed E-state index contributed by atoms with van der Waals surface area (Å²) in [7, 11) is -4.23. The highest BCUT2D eigenvalue weighted by Gasteiger charge is 2.44. The molecule has 23 heavy (non-hydrogen) atoms. The predicted molar refractivity (Wildman–Crippen MR) is 72.0 cm³/mol. The fourth-order valence-corrected chi connectivity index (χ4v) is 3.62. The van der Waals surface area contributed by atoms with Crippen LogP contribution in [0.2, 0.25) is 0 Å². The van der Waals surface area contributed by atoms with E-state index < -0.39 is 43.8 Å². The molecule has 0 fully saturated rings. The molecule has 0 bridgehead atoms. The van der Waals surface area contributed by atoms with Crippen LogP contribution in [0.15, 0.2) is 11.1 Å². The summed E-state index contributed by atoms with van der Waals surface area (Å²) >= 11 is 0. The number of nitrogens with one attached hydrogen (secondary N) is 2. The van der Waals surface area contributed by atoms with E-state index in [2.05, 4.69) is 10.6 Å². The summed E-state index contributed by atoms with van der Waals surface area (Å²) < 4.78 is 64.1. The molecule has 0 aliphatic carbocycles. The summed E-state index contributed by atoms with van der Waals surface area (Å²) in [5.74, 6) is 0. The molecular weight excluding hydrogens is 337 g/mol. The van der Waals surface area contributed by atoms with Crippen LogP contribution < -0.4 is 5.48 Å². The van der Waals surface area contributed by atoms with Gasteiger partial charge in [0.2, 0.25) is 9.84 Å². The molecule has 2 heterocycles. The second kappa shape index (κ2) is 5.24. The van der Waals surface area contributed by atoms with Gasteiger partial charge in [-0.1, -0.05) is 0 Å². The number of hydroxylamine groups is 1. The highest BCUT2D eigenvalue weighted by molar-refractivity contribution is 7.95. The molecule has 0 saturated carbocycles. The van der Waals surface area contributed by atoms with Gasteiger partial charge in [0, 0.05) is 5.56 Å². The van der Waals surface area contributed by atoms with E-state index >= 15 is 0 Å². The van der Waals surface area contributed by atoms with Gasteiger partial charge in [0.15, 0.2) is 10.7 Å². The first-order valence-corrected chi connectivity index (χ1v) is 7.91. The molecule has 11 heteroatoms. The lowest BCUT2D eigenvalue weighted by Crippen LogP contribution is -2.24. The SMILES string of the molecule is CC(c1c(C#N)n[nH]c1C(F)(F)F)S(=O)(=O)C1=CC(C)(C)ON1. The predicted octanol–water partition coefficient (Wildman–Crippen LogP) is 1.93. The van der Waals surface area contributed by atoms with E-state index in [1.165, 1.54) is 12.1 Å². The maximum absolute atomic E-state index is 13.0. The zero-order valence-electron chi connectivity index (χ0n) is 12.3. The number of aromatic nitrogens is 2. The number of nitrogens with zero attached hydrogens (tertiary/aromatic N) is 2. The standard InChI is InChI=1S/C12H13F3N4O3S/c1-6(23(20,21)8-4-11(2,3)22-19-8)9-7(5-16)17-18-10(9)12(13,14)15/h4,6,19H,1-3H3,(H,17,18). The molecule has 2 rings (SSSR count). The monoisotopic (exact) mass is 350 g/mol. The van der Waals surface area contributed by atoms with Gasteiger partial charge in [-0.2, -0.15) is 23.5 Å². The van der Waals surface area contributed by atoms with Crippen LogP contribution >= 0.6 is 0 Å². The van der Waals surface area contributed by atoms with E-state index in [9.17, 15) is 21.6 Å². The lowest BCUT2D eigenvalue weighted by Gasteiger charge is -2.15. The van der Waals surface area contributed by atoms with Gasteiger partial charge in [0.1, 0.15) is 17.4 Å². The molecule has 0 amide bonds. The Morgan fingerprint density at radius 3 is 2.48 bits per heavy atom. The number of H-pyrrole nitrogens is 1. The van der Waals surface area contributed by atoms with Crippen molar-refractivity contribution >= 4 is 9.84 Å². The van der Waals surface area contributed by atoms with Crippen LogP contribution in [0.1, 0.15) is 43.0 Å². The van der Waals surface area contributed by atoms with E-state index in [1.54, 1.807) is 18.9 Å². The van der Waals surface area contributed by atoms with Crippen molar-refractivity contribution in [3.8, 4) is 6.07 Å². The first-order chi connectivity index (χ1) is 10.4. The van der Waals surface area contributed by atoms with Crippen molar-refractivity contribution in [1.29, 1.82) is 5.26 Å². The number of hydrogen-bond donors (Lipinski definition) is 2. The molecular formula is C12H13F3N4O3S. The fourth-order valence-electron chi connectivity index (χ4n) is 2.09. The summed E-state index contributed by atoms with van der Waals surface area (Å²) in [6, 6.07) is 1.47. The van der Waals surface area contributed by atoms with Gasteiger partial charge < -0.3 is 0 Å². The number of hydrogen-bond acceptors (Lipinski definition) is 6. The Labute approximate surface area is 130 Å². The molecule has 0 saturated heterocycles. The minimum atomic E-state index is -4.87. The molecule has 1 aliphatic heterocycles. The molecule has 2 N–H and O–H groups in total. The van der Waals surface area contributed by atoms with Crippen LogP contribution in [0.3, 0.4) is 0 Å². The van der Waals surface area contributed by atoms with Crippen LogP contribution in [0.4, 0.5) is 13.2 Å². The van der Waals surface area contributed by atoms with Crippen molar-refractivity contribution < 1.29 is 26.4 Å². The van der Waals surface area contributed by atoms with Gasteiger partial charge >= 0.3 is 6.18 Å². The van der Waals surface area contributed by atoms with Crippen molar-refractivity contribution in [3.63, 3.8) is 0 Å². The van der Waals surface area contributed by atoms with E-state index in [0.717, 1.165) is 6.92 Å². The third-order valence-corrected chi connectivity index (χ3v) is 5.25. The van der Waals surface area contributed by atoms with Gasteiger partial charge in [0.25, 0.3) is 0 Å². The van der Waals surface area contributed by atoms with Crippen molar-refractivity contribution in [2.24, 2.45) is 0 Å². The Hall–Kier alpha value is -2.06. The molecule has 126 valence electrons. The first kappa shape index (κ1) is 17.3. The molecule has 1 aromatic rings. The molecule has 0 spiro atoms. The average Bonchev–Trinajstić information content (AvgIpc) is 3.00. The normalized spacial score (nSPS) is 18.9. The van der Waals surface area contributed by atoms with Crippen LogP contribution in [-0.4, -0.2) is 24.2 Å². The quantitative estimate of drug-likeness (QED) is 0.862. The van der Waals surface area contributed by atoms with Crippen molar-refractivity contribution in [3.05, 3.63) is 28.1 Å². The Balaban J connectivity index is 2.56. The number of sulfone groups is 1. The maximum atomic E-state index is 13.0. The number of alkyl halides is 3. The number of aromatic amines is 1. The fraction of sp³-hybridized carbons (Fsp3) is 0.500. The molecule has 1 unspecified atom stereocenters. The third kappa shape index (κ3) is 3.04. The molecule has 1 atom stereocenters. The molecule has 0 radical (unpaired) electrons. The highest BCUT2D eigenvalue weighted by atomic mass is 32.2. The largest absolute Gasteiger partial charge is 0.433 e. The van der Waals surface area contributed by atoms with Crippen LogP contribution in [0.5, 0.6) is 0 Å². The third-order valence-electron chi connectivity index (χ3n) is 3.27. The second-order valence-corrected chi connectivity index (χ2v) is 7.71. The van der Waals surface area contributed by atoms with Gasteiger partial charge in [-0.3, -0.25) is 15.4 Å². The number of halogens is 3. The van der Waals surface area contributed by atoms with Crippen molar-refractivity contribution in [1.82, 2.24) is 15.7 Å². The summed E-state index contributed by atoms with van der Waals surface area (Å²) in [5, 5.41) is 11.8. The van der Waals surface area contributed by atoms with Gasteiger partial charge in [0.05, 0.1) is 5.25 Å². The van der Waals surface area contributed by atoms with Crippen molar-refractivity contribution in [2.45, 2.75) is 37.8 Å². The molecule has 1 aliphatic rings. The summed E-state index contributed by atoms with van der Waals surface area (Å²) in [5.41, 5.74) is -1.41. The van der Waals surface area contributed by atoms with Crippen molar-refractivity contribution in [2.75, 3.05) is 0 Å². The molecule has 7 nitrogen and oxygen atoms in total. The first-order valence-electron chi connectivity index (χ1n) is 6.36. The highest BCUT2D eigenvalue weighted by Crippen LogP contribution is 2.39. The minimum Gasteiger partial charge on any atom is -0.272 e. The zero-order valence-corrected chi connectivity index (χ0v) is 13.1. The molecule has 1 aromatic heterocycles. The number of rotatable bonds is 3. The minimum absolute atomic E-state index is 0.354. The summed E-state index contributed by atoms with van der Waals surface area (Å²) in [6.07, 6.45) is -3.62. The Bertz CT molecular complexity index is 802. The average molecular weight is 350 g/mol. The van der Waals surface area contributed by atoms with E-state index in [0.29, 0.717) is 0 Å². The Morgan fingerprint density at radius 2 is 2.04 bits per heavy atom. The van der Waals surface area contributed by atoms with Crippen LogP contribution in [-0.2, 0) is 20.9 Å². The van der Waals surface area contributed by atoms with Gasteiger partial charge in [-0.25, -0.2) is 8.42 Å². The Morgan fingerprint density at radius 1 is 1.43 bits per heavy atom. The smallest absolute Gasteiger partial charge is 0.272 e. The van der Waals surface area contributed by atoms with E-state index in [4.69, 9.17) is 10.1 Å².